The fourth-order valence-electron chi connectivity index (χ4n) is 3.12. The van der Waals surface area contributed by atoms with Gasteiger partial charge >= 0.3 is 0 Å². The minimum absolute atomic E-state index is 0.261. The van der Waals surface area contributed by atoms with Crippen LogP contribution in [-0.4, -0.2) is 22.5 Å². The second-order valence-corrected chi connectivity index (χ2v) is 6.89. The Morgan fingerprint density at radius 1 is 0.938 bits per heavy atom. The van der Waals surface area contributed by atoms with E-state index in [-0.39, 0.29) is 11.7 Å². The highest BCUT2D eigenvalue weighted by atomic mass is 19.1. The van der Waals surface area contributed by atoms with Crippen LogP contribution in [-0.2, 0) is 0 Å². The van der Waals surface area contributed by atoms with E-state index in [1.54, 1.807) is 48.8 Å². The zero-order chi connectivity index (χ0) is 22.3. The molecule has 0 atom stereocenters. The van der Waals surface area contributed by atoms with Crippen LogP contribution in [0.1, 0.15) is 17.3 Å². The largest absolute Gasteiger partial charge is 0.492 e. The van der Waals surface area contributed by atoms with Crippen molar-refractivity contribution in [2.75, 3.05) is 17.2 Å². The molecule has 0 aliphatic heterocycles. The van der Waals surface area contributed by atoms with Gasteiger partial charge in [0.05, 0.1) is 12.3 Å². The number of anilines is 3. The average Bonchev–Trinajstić information content (AvgIpc) is 2.81. The SMILES string of the molecule is CCOc1ccccc1NC(=O)c1cccc(Nc2ncc(-c3cccc(F)c3)cn2)c1. The Bertz CT molecular complexity index is 1230. The number of amides is 1. The van der Waals surface area contributed by atoms with Crippen molar-refractivity contribution in [2.45, 2.75) is 6.92 Å². The molecule has 1 amide bonds. The molecular formula is C25H21FN4O2. The molecule has 0 saturated heterocycles. The van der Waals surface area contributed by atoms with E-state index in [4.69, 9.17) is 4.74 Å². The number of nitrogens with one attached hydrogen (secondary N) is 2. The molecule has 0 saturated carbocycles. The third kappa shape index (κ3) is 5.07. The van der Waals surface area contributed by atoms with E-state index in [2.05, 4.69) is 20.6 Å². The molecule has 0 aliphatic carbocycles. The molecule has 160 valence electrons. The van der Waals surface area contributed by atoms with Gasteiger partial charge in [-0.3, -0.25) is 4.79 Å². The topological polar surface area (TPSA) is 76.1 Å². The molecule has 0 aliphatic rings. The van der Waals surface area contributed by atoms with Gasteiger partial charge in [-0.05, 0) is 55.0 Å². The van der Waals surface area contributed by atoms with Crippen LogP contribution >= 0.6 is 0 Å². The first-order chi connectivity index (χ1) is 15.6. The Hall–Kier alpha value is -4.26. The van der Waals surface area contributed by atoms with Crippen molar-refractivity contribution in [3.05, 3.63) is 96.6 Å². The lowest BCUT2D eigenvalue weighted by molar-refractivity contribution is 0.102. The Balaban J connectivity index is 1.47. The number of carbonyl (C=O) groups excluding carboxylic acids is 1. The molecule has 0 spiro atoms. The first kappa shape index (κ1) is 21.0. The van der Waals surface area contributed by atoms with Crippen LogP contribution in [0.4, 0.5) is 21.7 Å². The summed E-state index contributed by atoms with van der Waals surface area (Å²) in [5.74, 6) is 0.403. The first-order valence-corrected chi connectivity index (χ1v) is 10.1. The first-order valence-electron chi connectivity index (χ1n) is 10.1. The maximum absolute atomic E-state index is 13.4. The molecule has 4 rings (SSSR count). The summed E-state index contributed by atoms with van der Waals surface area (Å²) < 4.78 is 19.0. The van der Waals surface area contributed by atoms with Gasteiger partial charge in [-0.25, -0.2) is 14.4 Å². The molecule has 0 bridgehead atoms. The smallest absolute Gasteiger partial charge is 0.255 e. The van der Waals surface area contributed by atoms with Crippen molar-refractivity contribution >= 4 is 23.2 Å². The second-order valence-electron chi connectivity index (χ2n) is 6.89. The number of ether oxygens (including phenoxy) is 1. The van der Waals surface area contributed by atoms with Crippen molar-refractivity contribution in [2.24, 2.45) is 0 Å². The average molecular weight is 428 g/mol. The summed E-state index contributed by atoms with van der Waals surface area (Å²) >= 11 is 0. The van der Waals surface area contributed by atoms with E-state index in [9.17, 15) is 9.18 Å². The fourth-order valence-corrected chi connectivity index (χ4v) is 3.12. The minimum Gasteiger partial charge on any atom is -0.492 e. The highest BCUT2D eigenvalue weighted by Gasteiger charge is 2.11. The van der Waals surface area contributed by atoms with Crippen molar-refractivity contribution in [1.29, 1.82) is 0 Å². The summed E-state index contributed by atoms with van der Waals surface area (Å²) in [6, 6.07) is 20.5. The molecule has 0 fully saturated rings. The van der Waals surface area contributed by atoms with E-state index in [1.165, 1.54) is 12.1 Å². The van der Waals surface area contributed by atoms with Crippen LogP contribution in [0, 0.1) is 5.82 Å². The Morgan fingerprint density at radius 2 is 1.72 bits per heavy atom. The van der Waals surface area contributed by atoms with Crippen LogP contribution in [0.3, 0.4) is 0 Å². The molecule has 1 heterocycles. The monoisotopic (exact) mass is 428 g/mol. The molecule has 1 aromatic heterocycles. The quantitative estimate of drug-likeness (QED) is 0.396. The molecule has 4 aromatic rings. The molecule has 2 N–H and O–H groups in total. The number of halogens is 1. The zero-order valence-electron chi connectivity index (χ0n) is 17.4. The number of carbonyl (C=O) groups is 1. The summed E-state index contributed by atoms with van der Waals surface area (Å²) in [4.78, 5) is 21.3. The number of hydrogen-bond acceptors (Lipinski definition) is 5. The van der Waals surface area contributed by atoms with Crippen LogP contribution in [0.15, 0.2) is 85.2 Å². The van der Waals surface area contributed by atoms with Crippen LogP contribution in [0.2, 0.25) is 0 Å². The van der Waals surface area contributed by atoms with Gasteiger partial charge in [-0.2, -0.15) is 0 Å². The number of nitrogens with zero attached hydrogens (tertiary/aromatic N) is 2. The number of aromatic nitrogens is 2. The Kier molecular flexibility index (Phi) is 6.36. The maximum Gasteiger partial charge on any atom is 0.255 e. The number of rotatable bonds is 7. The molecule has 6 nitrogen and oxygen atoms in total. The van der Waals surface area contributed by atoms with Gasteiger partial charge < -0.3 is 15.4 Å². The molecule has 3 aromatic carbocycles. The van der Waals surface area contributed by atoms with Gasteiger partial charge in [0.2, 0.25) is 5.95 Å². The summed E-state index contributed by atoms with van der Waals surface area (Å²) in [6.45, 7) is 2.39. The summed E-state index contributed by atoms with van der Waals surface area (Å²) in [7, 11) is 0. The third-order valence-corrected chi connectivity index (χ3v) is 4.63. The van der Waals surface area contributed by atoms with E-state index < -0.39 is 0 Å². The number of benzene rings is 3. The fraction of sp³-hybridized carbons (Fsp3) is 0.0800. The Morgan fingerprint density at radius 3 is 2.50 bits per heavy atom. The van der Waals surface area contributed by atoms with Gasteiger partial charge in [0.25, 0.3) is 5.91 Å². The van der Waals surface area contributed by atoms with Crippen molar-refractivity contribution in [3.8, 4) is 16.9 Å². The van der Waals surface area contributed by atoms with Crippen molar-refractivity contribution < 1.29 is 13.9 Å². The molecule has 0 radical (unpaired) electrons. The standard InChI is InChI=1S/C25H21FN4O2/c1-2-32-23-12-4-3-11-22(23)30-24(31)18-8-6-10-21(14-18)29-25-27-15-19(16-28-25)17-7-5-9-20(26)13-17/h3-16H,2H2,1H3,(H,30,31)(H,27,28,29). The van der Waals surface area contributed by atoms with E-state index in [0.29, 0.717) is 46.4 Å². The molecular weight excluding hydrogens is 407 g/mol. The van der Waals surface area contributed by atoms with Gasteiger partial charge in [0, 0.05) is 29.2 Å². The van der Waals surface area contributed by atoms with Crippen LogP contribution in [0.5, 0.6) is 5.75 Å². The van der Waals surface area contributed by atoms with E-state index in [1.807, 2.05) is 31.2 Å². The van der Waals surface area contributed by atoms with Crippen LogP contribution in [0.25, 0.3) is 11.1 Å². The van der Waals surface area contributed by atoms with E-state index in [0.717, 1.165) is 0 Å². The minimum atomic E-state index is -0.316. The molecule has 32 heavy (non-hydrogen) atoms. The molecule has 7 heteroatoms. The van der Waals surface area contributed by atoms with Gasteiger partial charge in [0.15, 0.2) is 0 Å². The lowest BCUT2D eigenvalue weighted by atomic mass is 10.1. The summed E-state index contributed by atoms with van der Waals surface area (Å²) in [5.41, 5.74) is 3.14. The third-order valence-electron chi connectivity index (χ3n) is 4.63. The van der Waals surface area contributed by atoms with Crippen molar-refractivity contribution in [1.82, 2.24) is 9.97 Å². The number of para-hydroxylation sites is 2. The van der Waals surface area contributed by atoms with Crippen molar-refractivity contribution in [3.63, 3.8) is 0 Å². The highest BCUT2D eigenvalue weighted by Crippen LogP contribution is 2.25. The summed E-state index contributed by atoms with van der Waals surface area (Å²) in [5, 5.41) is 5.96. The highest BCUT2D eigenvalue weighted by molar-refractivity contribution is 6.05. The van der Waals surface area contributed by atoms with Gasteiger partial charge in [0.1, 0.15) is 11.6 Å². The lowest BCUT2D eigenvalue weighted by Gasteiger charge is -2.12. The van der Waals surface area contributed by atoms with E-state index >= 15 is 0 Å². The lowest BCUT2D eigenvalue weighted by Crippen LogP contribution is -2.13. The maximum atomic E-state index is 13.4. The predicted molar refractivity (Wildman–Crippen MR) is 123 cm³/mol. The Labute approximate surface area is 185 Å². The summed E-state index contributed by atoms with van der Waals surface area (Å²) in [6.07, 6.45) is 3.23. The van der Waals surface area contributed by atoms with Gasteiger partial charge in [-0.1, -0.05) is 30.3 Å². The van der Waals surface area contributed by atoms with Gasteiger partial charge in [-0.15, -0.1) is 0 Å². The predicted octanol–water partition coefficient (Wildman–Crippen LogP) is 5.68. The number of hydrogen-bond donors (Lipinski definition) is 2. The normalized spacial score (nSPS) is 10.4. The molecule has 0 unspecified atom stereocenters. The van der Waals surface area contributed by atoms with Crippen LogP contribution < -0.4 is 15.4 Å². The second kappa shape index (κ2) is 9.70. The zero-order valence-corrected chi connectivity index (χ0v) is 17.4.